The van der Waals surface area contributed by atoms with Gasteiger partial charge in [-0.15, -0.1) is 0 Å². The summed E-state index contributed by atoms with van der Waals surface area (Å²) >= 11 is 0. The molecule has 0 saturated heterocycles. The fraction of sp³-hybridized carbons (Fsp3) is 0.875. The molecule has 0 heterocycles. The van der Waals surface area contributed by atoms with Crippen molar-refractivity contribution in [1.29, 1.82) is 5.26 Å². The Labute approximate surface area is 117 Å². The maximum absolute atomic E-state index is 11.8. The first-order valence-corrected chi connectivity index (χ1v) is 7.97. The van der Waals surface area contributed by atoms with Gasteiger partial charge in [0.2, 0.25) is 5.91 Å². The van der Waals surface area contributed by atoms with Gasteiger partial charge in [0.05, 0.1) is 6.07 Å². The highest BCUT2D eigenvalue weighted by molar-refractivity contribution is 5.76. The zero-order chi connectivity index (χ0) is 13.9. The maximum atomic E-state index is 11.8. The second kappa shape index (κ2) is 9.83. The first kappa shape index (κ1) is 16.0. The zero-order valence-electron chi connectivity index (χ0n) is 12.3. The van der Waals surface area contributed by atoms with Crippen molar-refractivity contribution in [3.8, 4) is 6.07 Å². The summed E-state index contributed by atoms with van der Waals surface area (Å²) in [5, 5.41) is 12.1. The third-order valence-electron chi connectivity index (χ3n) is 4.08. The van der Waals surface area contributed by atoms with Crippen molar-refractivity contribution in [3.63, 3.8) is 0 Å². The maximum Gasteiger partial charge on any atom is 0.221 e. The molecule has 19 heavy (non-hydrogen) atoms. The average molecular weight is 264 g/mol. The Balaban J connectivity index is 2.19. The minimum atomic E-state index is -0.261. The monoisotopic (exact) mass is 264 g/mol. The van der Waals surface area contributed by atoms with Crippen molar-refractivity contribution in [2.75, 3.05) is 0 Å². The largest absolute Gasteiger partial charge is 0.340 e. The number of carbonyl (C=O) groups is 1. The van der Waals surface area contributed by atoms with Gasteiger partial charge in [0.15, 0.2) is 0 Å². The standard InChI is InChI=1S/C16H28N2O/c1-2-3-4-5-9-12-16(19)18-15(13-17)14-10-7-6-8-11-14/h14-15H,2-12H2,1H3,(H,18,19). The summed E-state index contributed by atoms with van der Waals surface area (Å²) in [7, 11) is 0. The Morgan fingerprint density at radius 3 is 2.53 bits per heavy atom. The molecule has 1 atom stereocenters. The van der Waals surface area contributed by atoms with E-state index in [1.54, 1.807) is 0 Å². The van der Waals surface area contributed by atoms with Gasteiger partial charge in [-0.25, -0.2) is 0 Å². The topological polar surface area (TPSA) is 52.9 Å². The molecule has 3 heteroatoms. The molecule has 1 N–H and O–H groups in total. The molecule has 0 aromatic rings. The summed E-state index contributed by atoms with van der Waals surface area (Å²) in [4.78, 5) is 11.8. The molecule has 1 aliphatic rings. The van der Waals surface area contributed by atoms with Gasteiger partial charge in [-0.1, -0.05) is 51.9 Å². The molecule has 1 saturated carbocycles. The number of nitriles is 1. The number of hydrogen-bond acceptors (Lipinski definition) is 2. The Morgan fingerprint density at radius 1 is 1.21 bits per heavy atom. The first-order chi connectivity index (χ1) is 9.27. The van der Waals surface area contributed by atoms with Crippen LogP contribution in [0.2, 0.25) is 0 Å². The molecule has 1 amide bonds. The molecule has 108 valence electrons. The van der Waals surface area contributed by atoms with E-state index in [9.17, 15) is 10.1 Å². The molecule has 0 bridgehead atoms. The van der Waals surface area contributed by atoms with E-state index in [-0.39, 0.29) is 11.9 Å². The molecule has 1 rings (SSSR count). The molecule has 0 aromatic carbocycles. The second-order valence-corrected chi connectivity index (χ2v) is 5.74. The van der Waals surface area contributed by atoms with E-state index >= 15 is 0 Å². The first-order valence-electron chi connectivity index (χ1n) is 7.97. The Morgan fingerprint density at radius 2 is 1.89 bits per heavy atom. The number of rotatable bonds is 8. The van der Waals surface area contributed by atoms with E-state index in [1.165, 1.54) is 38.5 Å². The quantitative estimate of drug-likeness (QED) is 0.675. The number of nitrogens with one attached hydrogen (secondary N) is 1. The van der Waals surface area contributed by atoms with Crippen LogP contribution in [0.15, 0.2) is 0 Å². The molecule has 3 nitrogen and oxygen atoms in total. The van der Waals surface area contributed by atoms with Crippen LogP contribution in [0.4, 0.5) is 0 Å². The lowest BCUT2D eigenvalue weighted by molar-refractivity contribution is -0.121. The van der Waals surface area contributed by atoms with Crippen LogP contribution in [-0.2, 0) is 4.79 Å². The molecule has 0 aromatic heterocycles. The van der Waals surface area contributed by atoms with Crippen LogP contribution in [0, 0.1) is 17.2 Å². The summed E-state index contributed by atoms with van der Waals surface area (Å²) in [6.45, 7) is 2.19. The summed E-state index contributed by atoms with van der Waals surface area (Å²) in [6.07, 6.45) is 12.2. The van der Waals surface area contributed by atoms with Gasteiger partial charge < -0.3 is 5.32 Å². The highest BCUT2D eigenvalue weighted by Crippen LogP contribution is 2.26. The van der Waals surface area contributed by atoms with Crippen molar-refractivity contribution >= 4 is 5.91 Å². The third kappa shape index (κ3) is 6.61. The minimum Gasteiger partial charge on any atom is -0.340 e. The van der Waals surface area contributed by atoms with Gasteiger partial charge in [0.1, 0.15) is 6.04 Å². The molecule has 1 aliphatic carbocycles. The van der Waals surface area contributed by atoms with Crippen molar-refractivity contribution in [2.45, 2.75) is 83.6 Å². The third-order valence-corrected chi connectivity index (χ3v) is 4.08. The van der Waals surface area contributed by atoms with Gasteiger partial charge >= 0.3 is 0 Å². The highest BCUT2D eigenvalue weighted by atomic mass is 16.1. The summed E-state index contributed by atoms with van der Waals surface area (Å²) < 4.78 is 0. The lowest BCUT2D eigenvalue weighted by atomic mass is 9.84. The van der Waals surface area contributed by atoms with Crippen LogP contribution in [0.5, 0.6) is 0 Å². The highest BCUT2D eigenvalue weighted by Gasteiger charge is 2.24. The molecule has 0 spiro atoms. The van der Waals surface area contributed by atoms with E-state index < -0.39 is 0 Å². The van der Waals surface area contributed by atoms with E-state index in [2.05, 4.69) is 18.3 Å². The lowest BCUT2D eigenvalue weighted by Gasteiger charge is -2.26. The minimum absolute atomic E-state index is 0.0635. The molecule has 1 fully saturated rings. The van der Waals surface area contributed by atoms with Crippen LogP contribution in [0.1, 0.15) is 77.6 Å². The predicted molar refractivity (Wildman–Crippen MR) is 77.5 cm³/mol. The van der Waals surface area contributed by atoms with Gasteiger partial charge in [-0.2, -0.15) is 5.26 Å². The van der Waals surface area contributed by atoms with Gasteiger partial charge in [0.25, 0.3) is 0 Å². The van der Waals surface area contributed by atoms with Crippen molar-refractivity contribution in [1.82, 2.24) is 5.32 Å². The SMILES string of the molecule is CCCCCCCC(=O)NC(C#N)C1CCCCC1. The number of amides is 1. The Bertz CT molecular complexity index is 290. The van der Waals surface area contributed by atoms with Crippen LogP contribution >= 0.6 is 0 Å². The molecule has 0 radical (unpaired) electrons. The Kier molecular flexibility index (Phi) is 8.29. The number of hydrogen-bond donors (Lipinski definition) is 1. The number of nitrogens with zero attached hydrogens (tertiary/aromatic N) is 1. The summed E-state index contributed by atoms with van der Waals surface area (Å²) in [5.74, 6) is 0.441. The van der Waals surface area contributed by atoms with E-state index in [1.807, 2.05) is 0 Å². The van der Waals surface area contributed by atoms with E-state index in [0.29, 0.717) is 12.3 Å². The van der Waals surface area contributed by atoms with E-state index in [4.69, 9.17) is 0 Å². The zero-order valence-corrected chi connectivity index (χ0v) is 12.3. The second-order valence-electron chi connectivity index (χ2n) is 5.74. The number of carbonyl (C=O) groups excluding carboxylic acids is 1. The lowest BCUT2D eigenvalue weighted by Crippen LogP contribution is -2.39. The fourth-order valence-electron chi connectivity index (χ4n) is 2.86. The molecular formula is C16H28N2O. The fourth-order valence-corrected chi connectivity index (χ4v) is 2.86. The normalized spacial score (nSPS) is 17.7. The van der Waals surface area contributed by atoms with Crippen LogP contribution in [0.25, 0.3) is 0 Å². The van der Waals surface area contributed by atoms with Gasteiger partial charge in [0, 0.05) is 6.42 Å². The Hall–Kier alpha value is -1.04. The number of unbranched alkanes of at least 4 members (excludes halogenated alkanes) is 4. The predicted octanol–water partition coefficient (Wildman–Crippen LogP) is 3.94. The van der Waals surface area contributed by atoms with Gasteiger partial charge in [-0.05, 0) is 25.2 Å². The molecule has 0 aliphatic heterocycles. The average Bonchev–Trinajstić information content (AvgIpc) is 2.45. The van der Waals surface area contributed by atoms with Crippen LogP contribution in [0.3, 0.4) is 0 Å². The summed E-state index contributed by atoms with van der Waals surface area (Å²) in [6, 6.07) is 2.02. The smallest absolute Gasteiger partial charge is 0.221 e. The van der Waals surface area contributed by atoms with Crippen molar-refractivity contribution in [2.24, 2.45) is 5.92 Å². The molecular weight excluding hydrogens is 236 g/mol. The van der Waals surface area contributed by atoms with Crippen molar-refractivity contribution < 1.29 is 4.79 Å². The molecule has 1 unspecified atom stereocenters. The van der Waals surface area contributed by atoms with Gasteiger partial charge in [-0.3, -0.25) is 4.79 Å². The van der Waals surface area contributed by atoms with Crippen LogP contribution < -0.4 is 5.32 Å². The van der Waals surface area contributed by atoms with E-state index in [0.717, 1.165) is 25.7 Å². The van der Waals surface area contributed by atoms with Crippen LogP contribution in [-0.4, -0.2) is 11.9 Å². The summed E-state index contributed by atoms with van der Waals surface area (Å²) in [5.41, 5.74) is 0. The van der Waals surface area contributed by atoms with Crippen molar-refractivity contribution in [3.05, 3.63) is 0 Å².